The van der Waals surface area contributed by atoms with Gasteiger partial charge < -0.3 is 4.42 Å². The minimum atomic E-state index is 0.416. The van der Waals surface area contributed by atoms with E-state index in [1.54, 1.807) is 12.1 Å². The lowest BCUT2D eigenvalue weighted by atomic mass is 10.1. The first kappa shape index (κ1) is 18.5. The number of aryl methyl sites for hydroxylation is 2. The van der Waals surface area contributed by atoms with Gasteiger partial charge >= 0.3 is 0 Å². The number of nitrogens with zero attached hydrogens (tertiary/aromatic N) is 3. The lowest BCUT2D eigenvalue weighted by Gasteiger charge is -2.07. The summed E-state index contributed by atoms with van der Waals surface area (Å²) in [6.45, 7) is 3.81. The summed E-state index contributed by atoms with van der Waals surface area (Å²) in [6.07, 6.45) is 0. The molecule has 0 fully saturated rings. The number of benzene rings is 2. The molecule has 0 radical (unpaired) electrons. The largest absolute Gasteiger partial charge is 0.454 e. The van der Waals surface area contributed by atoms with E-state index in [1.807, 2.05) is 56.3 Å². The zero-order chi connectivity index (χ0) is 19.7. The molecule has 0 aliphatic rings. The van der Waals surface area contributed by atoms with Crippen LogP contribution in [0.25, 0.3) is 22.3 Å². The van der Waals surface area contributed by atoms with Crippen LogP contribution in [0.15, 0.2) is 64.1 Å². The Morgan fingerprint density at radius 2 is 1.64 bits per heavy atom. The molecule has 5 nitrogen and oxygen atoms in total. The number of rotatable bonds is 3. The third kappa shape index (κ3) is 3.86. The lowest BCUT2D eigenvalue weighted by molar-refractivity contribution is 0.618. The molecule has 0 saturated heterocycles. The molecule has 7 heteroatoms. The topological polar surface area (TPSA) is 63.3 Å². The number of nitrogens with one attached hydrogen (secondary N) is 1. The number of hydrogen-bond acceptors (Lipinski definition) is 5. The highest BCUT2D eigenvalue weighted by Crippen LogP contribution is 2.29. The molecule has 2 heterocycles. The minimum Gasteiger partial charge on any atom is -0.454 e. The minimum absolute atomic E-state index is 0.416. The van der Waals surface area contributed by atoms with Gasteiger partial charge in [-0.2, -0.15) is 5.10 Å². The third-order valence-electron chi connectivity index (χ3n) is 4.08. The van der Waals surface area contributed by atoms with Crippen molar-refractivity contribution in [2.45, 2.75) is 13.8 Å². The Hall–Kier alpha value is -2.89. The van der Waals surface area contributed by atoms with Gasteiger partial charge in [-0.05, 0) is 32.0 Å². The van der Waals surface area contributed by atoms with Gasteiger partial charge in [-0.25, -0.2) is 15.4 Å². The van der Waals surface area contributed by atoms with Crippen molar-refractivity contribution in [3.63, 3.8) is 0 Å². The first-order valence-corrected chi connectivity index (χ1v) is 9.35. The number of fused-ring (bicyclic) bond motifs is 1. The van der Waals surface area contributed by atoms with Gasteiger partial charge in [0.25, 0.3) is 0 Å². The molecule has 28 heavy (non-hydrogen) atoms. The van der Waals surface area contributed by atoms with Crippen LogP contribution in [0.5, 0.6) is 0 Å². The highest BCUT2D eigenvalue weighted by atomic mass is 35.5. The average Bonchev–Trinajstić information content (AvgIpc) is 2.66. The molecule has 0 aliphatic carbocycles. The fourth-order valence-corrected chi connectivity index (χ4v) is 3.45. The Morgan fingerprint density at radius 3 is 2.36 bits per heavy atom. The first-order valence-electron chi connectivity index (χ1n) is 8.60. The number of anilines is 1. The fraction of sp³-hybridized carbons (Fsp3) is 0.0952. The molecular formula is C21H16Cl2N4O. The van der Waals surface area contributed by atoms with Crippen LogP contribution in [0.4, 0.5) is 5.95 Å². The predicted molar refractivity (Wildman–Crippen MR) is 112 cm³/mol. The van der Waals surface area contributed by atoms with E-state index in [-0.39, 0.29) is 0 Å². The smallest absolute Gasteiger partial charge is 0.243 e. The van der Waals surface area contributed by atoms with Crippen molar-refractivity contribution in [3.8, 4) is 11.3 Å². The van der Waals surface area contributed by atoms with E-state index in [2.05, 4.69) is 20.5 Å². The van der Waals surface area contributed by atoms with E-state index in [1.165, 1.54) is 0 Å². The van der Waals surface area contributed by atoms with Gasteiger partial charge in [-0.3, -0.25) is 0 Å². The molecule has 2 aromatic carbocycles. The Labute approximate surface area is 171 Å². The van der Waals surface area contributed by atoms with Gasteiger partial charge in [0.05, 0.1) is 10.4 Å². The number of aromatic nitrogens is 2. The summed E-state index contributed by atoms with van der Waals surface area (Å²) >= 11 is 12.6. The average molecular weight is 411 g/mol. The van der Waals surface area contributed by atoms with E-state index < -0.39 is 0 Å². The second kappa shape index (κ2) is 7.62. The Kier molecular flexibility index (Phi) is 5.03. The lowest BCUT2D eigenvalue weighted by Crippen LogP contribution is -2.09. The molecule has 0 spiro atoms. The van der Waals surface area contributed by atoms with Gasteiger partial charge in [0, 0.05) is 33.4 Å². The van der Waals surface area contributed by atoms with Crippen LogP contribution < -0.4 is 10.8 Å². The summed E-state index contributed by atoms with van der Waals surface area (Å²) in [7, 11) is 0. The quantitative estimate of drug-likeness (QED) is 0.437. The van der Waals surface area contributed by atoms with E-state index in [0.717, 1.165) is 17.0 Å². The van der Waals surface area contributed by atoms with Crippen LogP contribution in [0.1, 0.15) is 11.4 Å². The van der Waals surface area contributed by atoms with Gasteiger partial charge in [-0.1, -0.05) is 53.5 Å². The fourth-order valence-electron chi connectivity index (χ4n) is 2.92. The van der Waals surface area contributed by atoms with E-state index in [0.29, 0.717) is 38.1 Å². The maximum atomic E-state index is 6.39. The molecule has 0 atom stereocenters. The molecule has 4 aromatic rings. The molecule has 2 aromatic heterocycles. The maximum Gasteiger partial charge on any atom is 0.243 e. The van der Waals surface area contributed by atoms with E-state index in [9.17, 15) is 0 Å². The SMILES string of the molecule is Cc1cc(C)nc(NN=c2cc(-c3ccccc3)oc3c(Cl)cc(Cl)cc23)n1. The molecule has 0 amide bonds. The molecule has 4 rings (SSSR count). The van der Waals surface area contributed by atoms with Crippen molar-refractivity contribution >= 4 is 40.1 Å². The van der Waals surface area contributed by atoms with Crippen molar-refractivity contribution in [1.82, 2.24) is 9.97 Å². The monoisotopic (exact) mass is 410 g/mol. The van der Waals surface area contributed by atoms with Gasteiger partial charge in [-0.15, -0.1) is 0 Å². The van der Waals surface area contributed by atoms with Crippen LogP contribution >= 0.6 is 23.2 Å². The normalized spacial score (nSPS) is 11.8. The highest BCUT2D eigenvalue weighted by molar-refractivity contribution is 6.38. The van der Waals surface area contributed by atoms with E-state index in [4.69, 9.17) is 27.6 Å². The summed E-state index contributed by atoms with van der Waals surface area (Å²) in [6, 6.07) is 16.9. The molecule has 0 bridgehead atoms. The third-order valence-corrected chi connectivity index (χ3v) is 4.58. The first-order chi connectivity index (χ1) is 13.5. The van der Waals surface area contributed by atoms with Crippen molar-refractivity contribution in [2.24, 2.45) is 5.10 Å². The van der Waals surface area contributed by atoms with Gasteiger partial charge in [0.2, 0.25) is 5.95 Å². The predicted octanol–water partition coefficient (Wildman–Crippen LogP) is 5.74. The molecule has 0 saturated carbocycles. The van der Waals surface area contributed by atoms with Crippen LogP contribution in [-0.2, 0) is 0 Å². The van der Waals surface area contributed by atoms with Gasteiger partial charge in [0.1, 0.15) is 5.76 Å². The standard InChI is InChI=1S/C21H16Cl2N4O/c1-12-8-13(2)25-21(24-12)27-26-18-11-19(14-6-4-3-5-7-14)28-20-16(18)9-15(22)10-17(20)23/h3-11H,1-2H3,(H,24,25,27). The van der Waals surface area contributed by atoms with Crippen molar-refractivity contribution in [1.29, 1.82) is 0 Å². The molecule has 140 valence electrons. The summed E-state index contributed by atoms with van der Waals surface area (Å²) < 4.78 is 6.05. The zero-order valence-electron chi connectivity index (χ0n) is 15.2. The molecular weight excluding hydrogens is 395 g/mol. The summed E-state index contributed by atoms with van der Waals surface area (Å²) in [5, 5.41) is 6.73. The number of hydrogen-bond donors (Lipinski definition) is 1. The summed E-state index contributed by atoms with van der Waals surface area (Å²) in [4.78, 5) is 8.71. The van der Waals surface area contributed by atoms with Crippen LogP contribution in [-0.4, -0.2) is 9.97 Å². The zero-order valence-corrected chi connectivity index (χ0v) is 16.7. The van der Waals surface area contributed by atoms with Crippen LogP contribution in [0.3, 0.4) is 0 Å². The maximum absolute atomic E-state index is 6.39. The molecule has 0 unspecified atom stereocenters. The molecule has 1 N–H and O–H groups in total. The van der Waals surface area contributed by atoms with Crippen molar-refractivity contribution in [2.75, 3.05) is 5.43 Å². The van der Waals surface area contributed by atoms with Gasteiger partial charge in [0.15, 0.2) is 5.58 Å². The Balaban J connectivity index is 1.92. The van der Waals surface area contributed by atoms with E-state index >= 15 is 0 Å². The second-order valence-corrected chi connectivity index (χ2v) is 7.17. The van der Waals surface area contributed by atoms with Crippen LogP contribution in [0, 0.1) is 13.8 Å². The van der Waals surface area contributed by atoms with Crippen molar-refractivity contribution < 1.29 is 4.42 Å². The highest BCUT2D eigenvalue weighted by Gasteiger charge is 2.10. The Morgan fingerprint density at radius 1 is 0.929 bits per heavy atom. The summed E-state index contributed by atoms with van der Waals surface area (Å²) in [5.41, 5.74) is 6.06. The van der Waals surface area contributed by atoms with Crippen molar-refractivity contribution in [3.05, 3.63) is 81.4 Å². The second-order valence-electron chi connectivity index (χ2n) is 6.32. The summed E-state index contributed by atoms with van der Waals surface area (Å²) in [5.74, 6) is 1.06. The number of halogens is 2. The molecule has 0 aliphatic heterocycles. The Bertz CT molecular complexity index is 1220. The van der Waals surface area contributed by atoms with Crippen LogP contribution in [0.2, 0.25) is 10.0 Å².